The fraction of sp³-hybridized carbons (Fsp3) is 0.500. The predicted octanol–water partition coefficient (Wildman–Crippen LogP) is 1.15. The van der Waals surface area contributed by atoms with Crippen LogP contribution in [0.4, 0.5) is 0 Å². The summed E-state index contributed by atoms with van der Waals surface area (Å²) in [4.78, 5) is 6.20. The van der Waals surface area contributed by atoms with Gasteiger partial charge in [0.05, 0.1) is 19.4 Å². The average Bonchev–Trinajstić information content (AvgIpc) is 2.35. The third-order valence-corrected chi connectivity index (χ3v) is 2.20. The lowest BCUT2D eigenvalue weighted by molar-refractivity contribution is 0.281. The quantitative estimate of drug-likeness (QED) is 0.606. The van der Waals surface area contributed by atoms with Crippen LogP contribution < -0.4 is 4.74 Å². The molecule has 0 aliphatic carbocycles. The van der Waals surface area contributed by atoms with Gasteiger partial charge in [-0.1, -0.05) is 11.8 Å². The fourth-order valence-electron chi connectivity index (χ4n) is 1.36. The first kappa shape index (κ1) is 14.5. The first-order valence-corrected chi connectivity index (χ1v) is 6.04. The lowest BCUT2D eigenvalue weighted by atomic mass is 10.2. The number of pyridine rings is 1. The Morgan fingerprint density at radius 1 is 1.39 bits per heavy atom. The molecule has 0 aliphatic rings. The molecular weight excluding hydrogens is 228 g/mol. The topological polar surface area (TPSA) is 45.6 Å². The van der Waals surface area contributed by atoms with Gasteiger partial charge in [0.1, 0.15) is 5.75 Å². The van der Waals surface area contributed by atoms with Crippen LogP contribution >= 0.6 is 0 Å². The Kier molecular flexibility index (Phi) is 6.85. The Hall–Kier alpha value is -1.57. The van der Waals surface area contributed by atoms with E-state index in [0.717, 1.165) is 24.3 Å². The Morgan fingerprint density at radius 3 is 2.94 bits per heavy atom. The van der Waals surface area contributed by atoms with Gasteiger partial charge in [0.15, 0.2) is 0 Å². The van der Waals surface area contributed by atoms with E-state index in [1.807, 2.05) is 20.2 Å². The van der Waals surface area contributed by atoms with E-state index in [-0.39, 0.29) is 6.61 Å². The molecule has 4 nitrogen and oxygen atoms in total. The third-order valence-electron chi connectivity index (χ3n) is 2.20. The summed E-state index contributed by atoms with van der Waals surface area (Å²) in [7, 11) is 4.08. The minimum absolute atomic E-state index is 0.0845. The summed E-state index contributed by atoms with van der Waals surface area (Å²) in [6.07, 6.45) is 4.84. The van der Waals surface area contributed by atoms with Crippen LogP contribution in [-0.2, 0) is 0 Å². The summed E-state index contributed by atoms with van der Waals surface area (Å²) in [6, 6.07) is 1.87. The molecule has 4 heteroatoms. The largest absolute Gasteiger partial charge is 0.492 e. The second kappa shape index (κ2) is 8.51. The van der Waals surface area contributed by atoms with Crippen LogP contribution in [0, 0.1) is 11.8 Å². The van der Waals surface area contributed by atoms with Crippen molar-refractivity contribution in [2.75, 3.05) is 33.9 Å². The molecule has 0 atom stereocenters. The molecule has 1 aromatic rings. The number of aromatic nitrogens is 1. The molecule has 0 aliphatic heterocycles. The van der Waals surface area contributed by atoms with Crippen molar-refractivity contribution in [2.45, 2.75) is 12.8 Å². The van der Waals surface area contributed by atoms with E-state index in [1.165, 1.54) is 0 Å². The van der Waals surface area contributed by atoms with Crippen molar-refractivity contribution in [3.63, 3.8) is 0 Å². The summed E-state index contributed by atoms with van der Waals surface area (Å²) >= 11 is 0. The SMILES string of the molecule is CN(C)CCCOc1cncc(C#CCCO)c1. The van der Waals surface area contributed by atoms with Gasteiger partial charge in [-0.25, -0.2) is 0 Å². The molecule has 1 N–H and O–H groups in total. The number of aliphatic hydroxyl groups is 1. The molecule has 1 heterocycles. The molecule has 0 fully saturated rings. The first-order valence-electron chi connectivity index (χ1n) is 6.04. The highest BCUT2D eigenvalue weighted by molar-refractivity contribution is 5.36. The van der Waals surface area contributed by atoms with E-state index in [1.54, 1.807) is 12.4 Å². The van der Waals surface area contributed by atoms with Gasteiger partial charge in [0, 0.05) is 24.7 Å². The lowest BCUT2D eigenvalue weighted by Gasteiger charge is -2.10. The van der Waals surface area contributed by atoms with Gasteiger partial charge in [-0.3, -0.25) is 4.98 Å². The van der Waals surface area contributed by atoms with Crippen molar-refractivity contribution in [3.8, 4) is 17.6 Å². The number of hydrogen-bond acceptors (Lipinski definition) is 4. The summed E-state index contributed by atoms with van der Waals surface area (Å²) in [5.41, 5.74) is 0.813. The van der Waals surface area contributed by atoms with Gasteiger partial charge in [-0.05, 0) is 26.6 Å². The Balaban J connectivity index is 2.42. The smallest absolute Gasteiger partial charge is 0.138 e. The highest BCUT2D eigenvalue weighted by atomic mass is 16.5. The highest BCUT2D eigenvalue weighted by Crippen LogP contribution is 2.10. The first-order chi connectivity index (χ1) is 8.72. The molecule has 98 valence electrons. The van der Waals surface area contributed by atoms with Crippen LogP contribution in [0.2, 0.25) is 0 Å². The molecule has 0 saturated heterocycles. The molecule has 0 radical (unpaired) electrons. The van der Waals surface area contributed by atoms with Crippen LogP contribution in [0.1, 0.15) is 18.4 Å². The number of hydrogen-bond donors (Lipinski definition) is 1. The second-order valence-corrected chi connectivity index (χ2v) is 4.19. The maximum absolute atomic E-state index is 8.64. The van der Waals surface area contributed by atoms with Crippen molar-refractivity contribution in [1.82, 2.24) is 9.88 Å². The van der Waals surface area contributed by atoms with Gasteiger partial charge >= 0.3 is 0 Å². The standard InChI is InChI=1S/C14H20N2O2/c1-16(2)7-5-9-18-14-10-13(11-15-12-14)6-3-4-8-17/h10-12,17H,4-5,7-9H2,1-2H3. The van der Waals surface area contributed by atoms with Crippen LogP contribution in [0.15, 0.2) is 18.5 Å². The highest BCUT2D eigenvalue weighted by Gasteiger charge is 1.96. The molecule has 0 saturated carbocycles. The maximum atomic E-state index is 8.64. The zero-order chi connectivity index (χ0) is 13.2. The zero-order valence-electron chi connectivity index (χ0n) is 11.0. The monoisotopic (exact) mass is 248 g/mol. The molecule has 1 aromatic heterocycles. The van der Waals surface area contributed by atoms with Crippen molar-refractivity contribution in [2.24, 2.45) is 0 Å². The van der Waals surface area contributed by atoms with E-state index < -0.39 is 0 Å². The van der Waals surface area contributed by atoms with Gasteiger partial charge < -0.3 is 14.7 Å². The summed E-state index contributed by atoms with van der Waals surface area (Å²) < 4.78 is 5.60. The molecular formula is C14H20N2O2. The van der Waals surface area contributed by atoms with E-state index in [0.29, 0.717) is 13.0 Å². The minimum Gasteiger partial charge on any atom is -0.492 e. The number of nitrogens with zero attached hydrogens (tertiary/aromatic N) is 2. The molecule has 18 heavy (non-hydrogen) atoms. The van der Waals surface area contributed by atoms with Crippen molar-refractivity contribution < 1.29 is 9.84 Å². The number of aliphatic hydroxyl groups excluding tert-OH is 1. The minimum atomic E-state index is 0.0845. The van der Waals surface area contributed by atoms with Gasteiger partial charge in [-0.2, -0.15) is 0 Å². The maximum Gasteiger partial charge on any atom is 0.138 e. The van der Waals surface area contributed by atoms with Crippen LogP contribution in [0.3, 0.4) is 0 Å². The van der Waals surface area contributed by atoms with Crippen LogP contribution in [0.5, 0.6) is 5.75 Å². The van der Waals surface area contributed by atoms with Gasteiger partial charge in [0.2, 0.25) is 0 Å². The normalized spacial score (nSPS) is 10.0. The van der Waals surface area contributed by atoms with E-state index in [2.05, 4.69) is 21.7 Å². The van der Waals surface area contributed by atoms with Crippen LogP contribution in [-0.4, -0.2) is 48.8 Å². The molecule has 1 rings (SSSR count). The Bertz CT molecular complexity index is 408. The van der Waals surface area contributed by atoms with Crippen LogP contribution in [0.25, 0.3) is 0 Å². The van der Waals surface area contributed by atoms with E-state index >= 15 is 0 Å². The lowest BCUT2D eigenvalue weighted by Crippen LogP contribution is -2.15. The zero-order valence-corrected chi connectivity index (χ0v) is 11.0. The molecule has 0 amide bonds. The van der Waals surface area contributed by atoms with Crippen molar-refractivity contribution >= 4 is 0 Å². The summed E-state index contributed by atoms with van der Waals surface area (Å²) in [5.74, 6) is 6.53. The molecule has 0 unspecified atom stereocenters. The molecule has 0 aromatic carbocycles. The summed E-state index contributed by atoms with van der Waals surface area (Å²) in [5, 5.41) is 8.64. The second-order valence-electron chi connectivity index (χ2n) is 4.19. The number of ether oxygens (including phenoxy) is 1. The molecule has 0 spiro atoms. The van der Waals surface area contributed by atoms with Crippen molar-refractivity contribution in [3.05, 3.63) is 24.0 Å². The third kappa shape index (κ3) is 6.24. The van der Waals surface area contributed by atoms with Gasteiger partial charge in [0.25, 0.3) is 0 Å². The Labute approximate surface area is 109 Å². The number of rotatable bonds is 6. The fourth-order valence-corrected chi connectivity index (χ4v) is 1.36. The van der Waals surface area contributed by atoms with Gasteiger partial charge in [-0.15, -0.1) is 0 Å². The van der Waals surface area contributed by atoms with E-state index in [4.69, 9.17) is 9.84 Å². The summed E-state index contributed by atoms with van der Waals surface area (Å²) in [6.45, 7) is 1.76. The average molecular weight is 248 g/mol. The Morgan fingerprint density at radius 2 is 2.22 bits per heavy atom. The molecule has 0 bridgehead atoms. The van der Waals surface area contributed by atoms with E-state index in [9.17, 15) is 0 Å². The predicted molar refractivity (Wildman–Crippen MR) is 71.5 cm³/mol. The van der Waals surface area contributed by atoms with Crippen molar-refractivity contribution in [1.29, 1.82) is 0 Å².